The first-order valence-corrected chi connectivity index (χ1v) is 7.97. The maximum atomic E-state index is 6.45. The smallest absolute Gasteiger partial charge is 0.0444 e. The Morgan fingerprint density at radius 2 is 1.95 bits per heavy atom. The van der Waals surface area contributed by atoms with Crippen molar-refractivity contribution in [2.45, 2.75) is 51.0 Å². The van der Waals surface area contributed by atoms with Crippen molar-refractivity contribution in [3.05, 3.63) is 34.9 Å². The van der Waals surface area contributed by atoms with Gasteiger partial charge in [-0.3, -0.25) is 0 Å². The van der Waals surface area contributed by atoms with Crippen molar-refractivity contribution >= 4 is 11.6 Å². The van der Waals surface area contributed by atoms with Crippen LogP contribution in [0.4, 0.5) is 0 Å². The molecule has 2 saturated carbocycles. The minimum atomic E-state index is 0.288. The van der Waals surface area contributed by atoms with E-state index in [4.69, 9.17) is 11.6 Å². The number of rotatable bonds is 5. The van der Waals surface area contributed by atoms with Crippen LogP contribution in [0.15, 0.2) is 24.3 Å². The molecule has 0 saturated heterocycles. The SMILES string of the molecule is CC(C)C1CC(CNC2CC2)(c2ccccc2Cl)C1. The van der Waals surface area contributed by atoms with E-state index in [1.54, 1.807) is 0 Å². The Bertz CT molecular complexity index is 439. The standard InChI is InChI=1S/C17H24ClN/c1-12(2)13-9-17(10-13,11-19-14-7-8-14)15-5-3-4-6-16(15)18/h3-6,12-14,19H,7-11H2,1-2H3. The predicted molar refractivity (Wildman–Crippen MR) is 81.7 cm³/mol. The lowest BCUT2D eigenvalue weighted by atomic mass is 9.56. The average molecular weight is 278 g/mol. The number of benzene rings is 1. The van der Waals surface area contributed by atoms with Crippen molar-refractivity contribution in [2.75, 3.05) is 6.54 Å². The van der Waals surface area contributed by atoms with Crippen molar-refractivity contribution in [1.29, 1.82) is 0 Å². The Morgan fingerprint density at radius 3 is 2.53 bits per heavy atom. The van der Waals surface area contributed by atoms with E-state index in [9.17, 15) is 0 Å². The summed E-state index contributed by atoms with van der Waals surface area (Å²) < 4.78 is 0. The largest absolute Gasteiger partial charge is 0.313 e. The number of hydrogen-bond acceptors (Lipinski definition) is 1. The van der Waals surface area contributed by atoms with Crippen LogP contribution in [-0.4, -0.2) is 12.6 Å². The molecule has 3 rings (SSSR count). The molecule has 104 valence electrons. The molecule has 0 spiro atoms. The van der Waals surface area contributed by atoms with Crippen LogP contribution < -0.4 is 5.32 Å². The monoisotopic (exact) mass is 277 g/mol. The highest BCUT2D eigenvalue weighted by molar-refractivity contribution is 6.31. The Hall–Kier alpha value is -0.530. The summed E-state index contributed by atoms with van der Waals surface area (Å²) in [5.41, 5.74) is 1.65. The highest BCUT2D eigenvalue weighted by atomic mass is 35.5. The molecule has 2 aliphatic rings. The Kier molecular flexibility index (Phi) is 3.61. The molecule has 1 N–H and O–H groups in total. The second-order valence-corrected chi connectivity index (χ2v) is 7.23. The molecule has 0 aromatic heterocycles. The van der Waals surface area contributed by atoms with Gasteiger partial charge in [-0.25, -0.2) is 0 Å². The molecule has 0 amide bonds. The fourth-order valence-electron chi connectivity index (χ4n) is 3.39. The van der Waals surface area contributed by atoms with Crippen molar-refractivity contribution < 1.29 is 0 Å². The minimum absolute atomic E-state index is 0.288. The van der Waals surface area contributed by atoms with Gasteiger partial charge >= 0.3 is 0 Å². The Morgan fingerprint density at radius 1 is 1.26 bits per heavy atom. The lowest BCUT2D eigenvalue weighted by Gasteiger charge is -2.50. The van der Waals surface area contributed by atoms with Crippen LogP contribution >= 0.6 is 11.6 Å². The number of hydrogen-bond donors (Lipinski definition) is 1. The van der Waals surface area contributed by atoms with E-state index in [1.807, 2.05) is 12.1 Å². The van der Waals surface area contributed by atoms with Crippen molar-refractivity contribution in [3.8, 4) is 0 Å². The zero-order valence-corrected chi connectivity index (χ0v) is 12.7. The van der Waals surface area contributed by atoms with Gasteiger partial charge in [0.15, 0.2) is 0 Å². The molecule has 1 nitrogen and oxygen atoms in total. The topological polar surface area (TPSA) is 12.0 Å². The normalized spacial score (nSPS) is 30.4. The fraction of sp³-hybridized carbons (Fsp3) is 0.647. The molecular formula is C17H24ClN. The van der Waals surface area contributed by atoms with Crippen LogP contribution in [0.25, 0.3) is 0 Å². The molecule has 0 radical (unpaired) electrons. The lowest BCUT2D eigenvalue weighted by Crippen LogP contribution is -2.50. The molecule has 0 heterocycles. The molecule has 0 atom stereocenters. The van der Waals surface area contributed by atoms with Crippen LogP contribution in [0.5, 0.6) is 0 Å². The second-order valence-electron chi connectivity index (χ2n) is 6.83. The summed E-state index contributed by atoms with van der Waals surface area (Å²) in [6.07, 6.45) is 5.28. The van der Waals surface area contributed by atoms with E-state index < -0.39 is 0 Å². The van der Waals surface area contributed by atoms with Gasteiger partial charge in [0.25, 0.3) is 0 Å². The minimum Gasteiger partial charge on any atom is -0.313 e. The van der Waals surface area contributed by atoms with E-state index in [0.717, 1.165) is 29.4 Å². The quantitative estimate of drug-likeness (QED) is 0.841. The lowest BCUT2D eigenvalue weighted by molar-refractivity contribution is 0.0974. The van der Waals surface area contributed by atoms with Crippen LogP contribution in [0.3, 0.4) is 0 Å². The third kappa shape index (κ3) is 2.68. The molecule has 2 fully saturated rings. The van der Waals surface area contributed by atoms with E-state index in [1.165, 1.54) is 31.2 Å². The molecule has 19 heavy (non-hydrogen) atoms. The van der Waals surface area contributed by atoms with Gasteiger partial charge in [0.2, 0.25) is 0 Å². The highest BCUT2D eigenvalue weighted by Gasteiger charge is 2.47. The van der Waals surface area contributed by atoms with Crippen LogP contribution in [0, 0.1) is 11.8 Å². The zero-order valence-electron chi connectivity index (χ0n) is 12.0. The molecular weight excluding hydrogens is 254 g/mol. The van der Waals surface area contributed by atoms with Crippen molar-refractivity contribution in [3.63, 3.8) is 0 Å². The average Bonchev–Trinajstić information content (AvgIpc) is 3.13. The van der Waals surface area contributed by atoms with Gasteiger partial charge in [-0.1, -0.05) is 43.6 Å². The highest BCUT2D eigenvalue weighted by Crippen LogP contribution is 2.52. The van der Waals surface area contributed by atoms with E-state index in [2.05, 4.69) is 31.3 Å². The molecule has 2 heteroatoms. The van der Waals surface area contributed by atoms with Gasteiger partial charge in [0.05, 0.1) is 0 Å². The Balaban J connectivity index is 1.78. The molecule has 2 aliphatic carbocycles. The summed E-state index contributed by atoms with van der Waals surface area (Å²) in [5, 5.41) is 4.67. The summed E-state index contributed by atoms with van der Waals surface area (Å²) in [4.78, 5) is 0. The van der Waals surface area contributed by atoms with Gasteiger partial charge in [-0.2, -0.15) is 0 Å². The fourth-order valence-corrected chi connectivity index (χ4v) is 3.73. The molecule has 1 aromatic rings. The third-order valence-corrected chi connectivity index (χ3v) is 5.33. The summed E-state index contributed by atoms with van der Waals surface area (Å²) in [5.74, 6) is 1.65. The van der Waals surface area contributed by atoms with Crippen molar-refractivity contribution in [1.82, 2.24) is 5.32 Å². The van der Waals surface area contributed by atoms with E-state index in [-0.39, 0.29) is 5.41 Å². The van der Waals surface area contributed by atoms with Gasteiger partial charge in [-0.05, 0) is 49.1 Å². The molecule has 1 aromatic carbocycles. The zero-order chi connectivity index (χ0) is 13.5. The maximum absolute atomic E-state index is 6.45. The molecule has 0 aliphatic heterocycles. The number of halogens is 1. The van der Waals surface area contributed by atoms with Crippen molar-refractivity contribution in [2.24, 2.45) is 11.8 Å². The molecule has 0 bridgehead atoms. The summed E-state index contributed by atoms with van der Waals surface area (Å²) in [7, 11) is 0. The Labute approximate surface area is 121 Å². The van der Waals surface area contributed by atoms with Crippen LogP contribution in [0.1, 0.15) is 45.1 Å². The van der Waals surface area contributed by atoms with Gasteiger partial charge in [-0.15, -0.1) is 0 Å². The maximum Gasteiger partial charge on any atom is 0.0444 e. The van der Waals surface area contributed by atoms with Gasteiger partial charge in [0.1, 0.15) is 0 Å². The number of nitrogens with one attached hydrogen (secondary N) is 1. The summed E-state index contributed by atoms with van der Waals surface area (Å²) in [6, 6.07) is 9.21. The predicted octanol–water partition coefficient (Wildman–Crippen LogP) is 4.40. The van der Waals surface area contributed by atoms with E-state index in [0.29, 0.717) is 0 Å². The first-order valence-electron chi connectivity index (χ1n) is 7.59. The summed E-state index contributed by atoms with van der Waals surface area (Å²) >= 11 is 6.45. The second kappa shape index (κ2) is 5.10. The first-order chi connectivity index (χ1) is 9.11. The van der Waals surface area contributed by atoms with E-state index >= 15 is 0 Å². The summed E-state index contributed by atoms with van der Waals surface area (Å²) in [6.45, 7) is 5.79. The first kappa shape index (κ1) is 13.5. The van der Waals surface area contributed by atoms with Crippen LogP contribution in [-0.2, 0) is 5.41 Å². The molecule has 0 unspecified atom stereocenters. The third-order valence-electron chi connectivity index (χ3n) is 5.00. The van der Waals surface area contributed by atoms with Crippen LogP contribution in [0.2, 0.25) is 5.02 Å². The van der Waals surface area contributed by atoms with Gasteiger partial charge < -0.3 is 5.32 Å². The van der Waals surface area contributed by atoms with Gasteiger partial charge in [0, 0.05) is 23.0 Å².